The summed E-state index contributed by atoms with van der Waals surface area (Å²) in [4.78, 5) is 27.6. The zero-order valence-electron chi connectivity index (χ0n) is 23.1. The Labute approximate surface area is 206 Å². The van der Waals surface area contributed by atoms with Crippen molar-refractivity contribution in [2.24, 2.45) is 0 Å². The zero-order valence-corrected chi connectivity index (χ0v) is 25.1. The van der Waals surface area contributed by atoms with Gasteiger partial charge in [0.1, 0.15) is 17.8 Å². The van der Waals surface area contributed by atoms with E-state index in [-0.39, 0.29) is 27.8 Å². The first kappa shape index (κ1) is 28.8. The Morgan fingerprint density at radius 1 is 1.00 bits per heavy atom. The fourth-order valence-electron chi connectivity index (χ4n) is 3.30. The third kappa shape index (κ3) is 6.02. The normalized spacial score (nSPS) is 24.1. The third-order valence-electron chi connectivity index (χ3n) is 7.54. The van der Waals surface area contributed by atoms with Crippen LogP contribution >= 0.6 is 0 Å². The van der Waals surface area contributed by atoms with Gasteiger partial charge in [0.15, 0.2) is 22.9 Å². The van der Waals surface area contributed by atoms with E-state index in [9.17, 15) is 9.59 Å². The molecule has 7 nitrogen and oxygen atoms in total. The van der Waals surface area contributed by atoms with Gasteiger partial charge in [-0.05, 0) is 43.2 Å². The van der Waals surface area contributed by atoms with Crippen LogP contribution in [0.4, 0.5) is 0 Å². The molecule has 1 aromatic heterocycles. The number of aromatic nitrogens is 2. The molecule has 1 aromatic rings. The van der Waals surface area contributed by atoms with E-state index >= 15 is 0 Å². The third-order valence-corrected chi connectivity index (χ3v) is 16.5. The van der Waals surface area contributed by atoms with Crippen molar-refractivity contribution in [3.8, 4) is 11.8 Å². The van der Waals surface area contributed by atoms with Gasteiger partial charge >= 0.3 is 5.69 Å². The Morgan fingerprint density at radius 3 is 1.97 bits per heavy atom. The maximum Gasteiger partial charge on any atom is 0.330 e. The topological polar surface area (TPSA) is 82.6 Å². The molecule has 1 N–H and O–H groups in total. The quantitative estimate of drug-likeness (QED) is 0.447. The van der Waals surface area contributed by atoms with Crippen LogP contribution in [0.1, 0.15) is 73.6 Å². The average Bonchev–Trinajstić information content (AvgIpc) is 2.94. The highest BCUT2D eigenvalue weighted by Gasteiger charge is 2.53. The van der Waals surface area contributed by atoms with Crippen LogP contribution in [-0.4, -0.2) is 44.5 Å². The van der Waals surface area contributed by atoms with Gasteiger partial charge in [-0.15, -0.1) is 0 Å². The standard InChI is InChI=1S/C25H44N2O5Si2/c1-13-14-15-18-16-27(23(29)26-21(18)28)22-20(32-34(11,12)25(6,7)8)19(17(2)30-22)31-33(9,10)24(3,4)5/h16-17,19-20,22H,13H2,1-12H3,(H,26,28,29)/t17-,19-,20-,22-/m1/s1. The summed E-state index contributed by atoms with van der Waals surface area (Å²) in [5.74, 6) is 5.76. The van der Waals surface area contributed by atoms with Crippen molar-refractivity contribution in [1.82, 2.24) is 9.55 Å². The summed E-state index contributed by atoms with van der Waals surface area (Å²) < 4.78 is 21.5. The predicted octanol–water partition coefficient (Wildman–Crippen LogP) is 5.00. The SMILES string of the molecule is CCC#Cc1cn([C@@H]2O[C@H](C)[C@@H](O[Si](C)(C)C(C)(C)C)[C@H]2O[Si](C)(C)C(C)(C)C)c(=O)[nH]c1=O. The highest BCUT2D eigenvalue weighted by atomic mass is 28.4. The van der Waals surface area contributed by atoms with E-state index in [1.807, 2.05) is 13.8 Å². The molecule has 192 valence electrons. The molecule has 2 rings (SSSR count). The minimum atomic E-state index is -2.26. The number of hydrogen-bond donors (Lipinski definition) is 1. The molecule has 4 atom stereocenters. The van der Waals surface area contributed by atoms with Crippen LogP contribution < -0.4 is 11.2 Å². The summed E-state index contributed by atoms with van der Waals surface area (Å²) in [5.41, 5.74) is -0.803. The molecule has 34 heavy (non-hydrogen) atoms. The first-order valence-corrected chi connectivity index (χ1v) is 18.0. The number of hydrogen-bond acceptors (Lipinski definition) is 5. The second-order valence-electron chi connectivity index (χ2n) is 12.3. The van der Waals surface area contributed by atoms with Gasteiger partial charge in [-0.1, -0.05) is 60.3 Å². The predicted molar refractivity (Wildman–Crippen MR) is 142 cm³/mol. The molecule has 1 fully saturated rings. The Balaban J connectivity index is 2.63. The fraction of sp³-hybridized carbons (Fsp3) is 0.760. The van der Waals surface area contributed by atoms with E-state index in [0.717, 1.165) is 0 Å². The molecule has 0 amide bonds. The molecule has 9 heteroatoms. The lowest BCUT2D eigenvalue weighted by Crippen LogP contribution is -2.53. The van der Waals surface area contributed by atoms with Gasteiger partial charge in [-0.3, -0.25) is 14.3 Å². The summed E-state index contributed by atoms with van der Waals surface area (Å²) in [6, 6.07) is 0. The van der Waals surface area contributed by atoms with Crippen molar-refractivity contribution < 1.29 is 13.6 Å². The number of ether oxygens (including phenoxy) is 1. The first-order valence-electron chi connectivity index (χ1n) is 12.2. The number of H-pyrrole nitrogens is 1. The van der Waals surface area contributed by atoms with Gasteiger partial charge in [-0.25, -0.2) is 4.79 Å². The van der Waals surface area contributed by atoms with Crippen molar-refractivity contribution in [3.63, 3.8) is 0 Å². The smallest absolute Gasteiger partial charge is 0.330 e. The zero-order chi connectivity index (χ0) is 26.3. The molecule has 1 aliphatic rings. The minimum Gasteiger partial charge on any atom is -0.409 e. The number of rotatable bonds is 5. The molecule has 0 bridgehead atoms. The Morgan fingerprint density at radius 2 is 1.50 bits per heavy atom. The minimum absolute atomic E-state index is 0.00403. The van der Waals surface area contributed by atoms with Crippen LogP contribution in [0.5, 0.6) is 0 Å². The molecule has 0 saturated carbocycles. The monoisotopic (exact) mass is 508 g/mol. The Bertz CT molecular complexity index is 1050. The van der Waals surface area contributed by atoms with E-state index in [1.54, 1.807) is 0 Å². The maximum atomic E-state index is 12.9. The van der Waals surface area contributed by atoms with Gasteiger partial charge in [0.05, 0.1) is 6.10 Å². The van der Waals surface area contributed by atoms with E-state index in [2.05, 4.69) is 84.6 Å². The van der Waals surface area contributed by atoms with Crippen LogP contribution in [0.15, 0.2) is 15.8 Å². The number of nitrogens with one attached hydrogen (secondary N) is 1. The van der Waals surface area contributed by atoms with E-state index < -0.39 is 40.2 Å². The Kier molecular flexibility index (Phi) is 8.38. The number of nitrogens with zero attached hydrogens (tertiary/aromatic N) is 1. The molecule has 0 radical (unpaired) electrons. The Hall–Kier alpha value is -1.45. The molecule has 0 unspecified atom stereocenters. The van der Waals surface area contributed by atoms with Crippen molar-refractivity contribution in [2.75, 3.05) is 0 Å². The van der Waals surface area contributed by atoms with Crippen LogP contribution in [-0.2, 0) is 13.6 Å². The van der Waals surface area contributed by atoms with Crippen molar-refractivity contribution in [1.29, 1.82) is 0 Å². The van der Waals surface area contributed by atoms with Crippen molar-refractivity contribution in [3.05, 3.63) is 32.6 Å². The lowest BCUT2D eigenvalue weighted by Gasteiger charge is -2.44. The molecule has 1 aliphatic heterocycles. The number of aromatic amines is 1. The van der Waals surface area contributed by atoms with Gasteiger partial charge in [0.25, 0.3) is 5.56 Å². The molecular formula is C25H44N2O5Si2. The van der Waals surface area contributed by atoms with Crippen molar-refractivity contribution >= 4 is 16.6 Å². The van der Waals surface area contributed by atoms with Crippen LogP contribution in [0, 0.1) is 11.8 Å². The van der Waals surface area contributed by atoms with E-state index in [4.69, 9.17) is 13.6 Å². The lowest BCUT2D eigenvalue weighted by atomic mass is 10.1. The summed E-state index contributed by atoms with van der Waals surface area (Å²) in [5, 5.41) is -0.0390. The lowest BCUT2D eigenvalue weighted by molar-refractivity contribution is -0.0312. The second-order valence-corrected chi connectivity index (χ2v) is 21.8. The van der Waals surface area contributed by atoms with E-state index in [1.165, 1.54) is 10.8 Å². The highest BCUT2D eigenvalue weighted by Crippen LogP contribution is 2.45. The molecule has 0 aliphatic carbocycles. The summed E-state index contributed by atoms with van der Waals surface area (Å²) >= 11 is 0. The second kappa shape index (κ2) is 9.90. The largest absolute Gasteiger partial charge is 0.409 e. The van der Waals surface area contributed by atoms with Gasteiger partial charge in [0, 0.05) is 12.6 Å². The summed E-state index contributed by atoms with van der Waals surface area (Å²) in [7, 11) is -4.43. The average molecular weight is 509 g/mol. The molecule has 1 saturated heterocycles. The van der Waals surface area contributed by atoms with Gasteiger partial charge < -0.3 is 13.6 Å². The van der Waals surface area contributed by atoms with Crippen molar-refractivity contribution in [2.45, 2.75) is 123 Å². The van der Waals surface area contributed by atoms with Crippen LogP contribution in [0.25, 0.3) is 0 Å². The van der Waals surface area contributed by atoms with E-state index in [0.29, 0.717) is 6.42 Å². The van der Waals surface area contributed by atoms with Gasteiger partial charge in [0.2, 0.25) is 0 Å². The molecule has 0 aromatic carbocycles. The first-order chi connectivity index (χ1) is 15.3. The molecule has 2 heterocycles. The van der Waals surface area contributed by atoms with Crippen LogP contribution in [0.3, 0.4) is 0 Å². The highest BCUT2D eigenvalue weighted by molar-refractivity contribution is 6.74. The maximum absolute atomic E-state index is 12.9. The van der Waals surface area contributed by atoms with Gasteiger partial charge in [-0.2, -0.15) is 0 Å². The van der Waals surface area contributed by atoms with Crippen LogP contribution in [0.2, 0.25) is 36.3 Å². The molecule has 0 spiro atoms. The summed E-state index contributed by atoms with van der Waals surface area (Å²) in [6.07, 6.45) is 0.237. The fourth-order valence-corrected chi connectivity index (χ4v) is 5.94. The summed E-state index contributed by atoms with van der Waals surface area (Å²) in [6.45, 7) is 25.8. The molecular weight excluding hydrogens is 464 g/mol.